The molecule has 0 bridgehead atoms. The number of aryl methyl sites for hydroxylation is 1. The van der Waals surface area contributed by atoms with Gasteiger partial charge >= 0.3 is 0 Å². The molecule has 88 valence electrons. The lowest BCUT2D eigenvalue weighted by Crippen LogP contribution is -2.32. The Morgan fingerprint density at radius 1 is 1.81 bits per heavy atom. The highest BCUT2D eigenvalue weighted by Gasteiger charge is 2.17. The summed E-state index contributed by atoms with van der Waals surface area (Å²) in [6.45, 7) is 1.33. The molecular formula is C10H16N4O2. The normalized spacial score (nSPS) is 19.9. The minimum Gasteiger partial charge on any atom is -0.384 e. The Morgan fingerprint density at radius 3 is 3.19 bits per heavy atom. The van der Waals surface area contributed by atoms with Crippen LogP contribution >= 0.6 is 0 Å². The second kappa shape index (κ2) is 4.52. The summed E-state index contributed by atoms with van der Waals surface area (Å²) in [4.78, 5) is 11.7. The van der Waals surface area contributed by atoms with E-state index in [1.807, 2.05) is 0 Å². The van der Waals surface area contributed by atoms with E-state index in [0.717, 1.165) is 19.4 Å². The first-order valence-corrected chi connectivity index (χ1v) is 5.36. The number of amides is 1. The molecule has 0 aromatic carbocycles. The maximum Gasteiger partial charge on any atom is 0.271 e. The monoisotopic (exact) mass is 224 g/mol. The molecule has 1 atom stereocenters. The van der Waals surface area contributed by atoms with Crippen LogP contribution in [0.1, 0.15) is 23.3 Å². The van der Waals surface area contributed by atoms with E-state index >= 15 is 0 Å². The fourth-order valence-corrected chi connectivity index (χ4v) is 1.70. The molecule has 16 heavy (non-hydrogen) atoms. The SMILES string of the molecule is Cn1nc(C(=O)NC[C@@H]2CCCO2)cc1N. The third-order valence-electron chi connectivity index (χ3n) is 2.66. The van der Waals surface area contributed by atoms with Gasteiger partial charge in [-0.15, -0.1) is 0 Å². The van der Waals surface area contributed by atoms with Crippen LogP contribution in [-0.2, 0) is 11.8 Å². The van der Waals surface area contributed by atoms with Crippen LogP contribution < -0.4 is 11.1 Å². The second-order valence-corrected chi connectivity index (χ2v) is 3.92. The number of hydrogen-bond acceptors (Lipinski definition) is 4. The topological polar surface area (TPSA) is 82.2 Å². The van der Waals surface area contributed by atoms with Gasteiger partial charge in [0.05, 0.1) is 6.10 Å². The Kier molecular flexibility index (Phi) is 3.09. The predicted molar refractivity (Wildman–Crippen MR) is 58.9 cm³/mol. The second-order valence-electron chi connectivity index (χ2n) is 3.92. The average molecular weight is 224 g/mol. The zero-order chi connectivity index (χ0) is 11.5. The molecule has 0 aliphatic carbocycles. The number of aromatic nitrogens is 2. The number of nitrogens with two attached hydrogens (primary N) is 1. The summed E-state index contributed by atoms with van der Waals surface area (Å²) in [6.07, 6.45) is 2.21. The van der Waals surface area contributed by atoms with Crippen molar-refractivity contribution in [3.8, 4) is 0 Å². The Balaban J connectivity index is 1.87. The van der Waals surface area contributed by atoms with Crippen molar-refractivity contribution >= 4 is 11.7 Å². The van der Waals surface area contributed by atoms with Crippen LogP contribution in [0.2, 0.25) is 0 Å². The van der Waals surface area contributed by atoms with Crippen molar-refractivity contribution in [1.29, 1.82) is 0 Å². The van der Waals surface area contributed by atoms with Gasteiger partial charge in [0.2, 0.25) is 0 Å². The molecule has 2 rings (SSSR count). The van der Waals surface area contributed by atoms with Crippen LogP contribution in [-0.4, -0.2) is 34.9 Å². The van der Waals surface area contributed by atoms with Crippen LogP contribution in [0.5, 0.6) is 0 Å². The molecule has 0 radical (unpaired) electrons. The third kappa shape index (κ3) is 2.33. The smallest absolute Gasteiger partial charge is 0.271 e. The van der Waals surface area contributed by atoms with Gasteiger partial charge in [-0.3, -0.25) is 9.48 Å². The van der Waals surface area contributed by atoms with Crippen LogP contribution in [0.3, 0.4) is 0 Å². The van der Waals surface area contributed by atoms with Crippen molar-refractivity contribution in [3.05, 3.63) is 11.8 Å². The van der Waals surface area contributed by atoms with Crippen molar-refractivity contribution in [2.45, 2.75) is 18.9 Å². The van der Waals surface area contributed by atoms with Gasteiger partial charge in [-0.25, -0.2) is 0 Å². The van der Waals surface area contributed by atoms with E-state index in [0.29, 0.717) is 18.1 Å². The average Bonchev–Trinajstić information content (AvgIpc) is 2.86. The molecule has 0 saturated carbocycles. The van der Waals surface area contributed by atoms with E-state index in [1.54, 1.807) is 13.1 Å². The molecule has 1 fully saturated rings. The number of nitrogens with one attached hydrogen (secondary N) is 1. The van der Waals surface area contributed by atoms with E-state index in [1.165, 1.54) is 4.68 Å². The zero-order valence-corrected chi connectivity index (χ0v) is 9.27. The largest absolute Gasteiger partial charge is 0.384 e. The quantitative estimate of drug-likeness (QED) is 0.751. The number of carbonyl (C=O) groups is 1. The number of ether oxygens (including phenoxy) is 1. The van der Waals surface area contributed by atoms with E-state index < -0.39 is 0 Å². The van der Waals surface area contributed by atoms with Crippen LogP contribution in [0, 0.1) is 0 Å². The minimum atomic E-state index is -0.206. The Labute approximate surface area is 93.8 Å². The van der Waals surface area contributed by atoms with Crippen molar-refractivity contribution in [1.82, 2.24) is 15.1 Å². The highest BCUT2D eigenvalue weighted by molar-refractivity contribution is 5.92. The number of carbonyl (C=O) groups excluding carboxylic acids is 1. The third-order valence-corrected chi connectivity index (χ3v) is 2.66. The molecule has 1 aliphatic rings. The lowest BCUT2D eigenvalue weighted by molar-refractivity contribution is 0.0853. The van der Waals surface area contributed by atoms with E-state index in [2.05, 4.69) is 10.4 Å². The van der Waals surface area contributed by atoms with E-state index in [-0.39, 0.29) is 12.0 Å². The molecule has 6 nitrogen and oxygen atoms in total. The molecule has 6 heteroatoms. The summed E-state index contributed by atoms with van der Waals surface area (Å²) in [5.74, 6) is 0.269. The van der Waals surface area contributed by atoms with Gasteiger partial charge in [-0.2, -0.15) is 5.10 Å². The first kappa shape index (κ1) is 10.9. The summed E-state index contributed by atoms with van der Waals surface area (Å²) < 4.78 is 6.88. The maximum absolute atomic E-state index is 11.7. The predicted octanol–water partition coefficient (Wildman–Crippen LogP) is -0.0889. The lowest BCUT2D eigenvalue weighted by Gasteiger charge is -2.09. The lowest BCUT2D eigenvalue weighted by atomic mass is 10.2. The highest BCUT2D eigenvalue weighted by Crippen LogP contribution is 2.11. The van der Waals surface area contributed by atoms with Gasteiger partial charge in [0.15, 0.2) is 5.69 Å². The van der Waals surface area contributed by atoms with Gasteiger partial charge in [0.1, 0.15) is 5.82 Å². The fraction of sp³-hybridized carbons (Fsp3) is 0.600. The van der Waals surface area contributed by atoms with E-state index in [9.17, 15) is 4.79 Å². The van der Waals surface area contributed by atoms with Gasteiger partial charge in [-0.05, 0) is 12.8 Å². The van der Waals surface area contributed by atoms with Crippen molar-refractivity contribution < 1.29 is 9.53 Å². The summed E-state index contributed by atoms with van der Waals surface area (Å²) in [5, 5.41) is 6.78. The van der Waals surface area contributed by atoms with Crippen LogP contribution in [0.15, 0.2) is 6.07 Å². The number of rotatable bonds is 3. The summed E-state index contributed by atoms with van der Waals surface area (Å²) in [5.41, 5.74) is 5.94. The van der Waals surface area contributed by atoms with Crippen LogP contribution in [0.4, 0.5) is 5.82 Å². The molecule has 1 aliphatic heterocycles. The molecule has 1 amide bonds. The number of anilines is 1. The standard InChI is InChI=1S/C10H16N4O2/c1-14-9(11)5-8(13-14)10(15)12-6-7-3-2-4-16-7/h5,7H,2-4,6,11H2,1H3,(H,12,15)/t7-/m0/s1. The van der Waals surface area contributed by atoms with Crippen molar-refractivity contribution in [2.24, 2.45) is 7.05 Å². The summed E-state index contributed by atoms with van der Waals surface area (Å²) in [6, 6.07) is 1.56. The molecule has 1 aromatic rings. The highest BCUT2D eigenvalue weighted by atomic mass is 16.5. The Bertz CT molecular complexity index is 363. The first-order valence-electron chi connectivity index (χ1n) is 5.36. The van der Waals surface area contributed by atoms with Crippen LogP contribution in [0.25, 0.3) is 0 Å². The summed E-state index contributed by atoms with van der Waals surface area (Å²) in [7, 11) is 1.70. The molecule has 0 unspecified atom stereocenters. The Morgan fingerprint density at radius 2 is 2.62 bits per heavy atom. The fourth-order valence-electron chi connectivity index (χ4n) is 1.70. The number of nitrogens with zero attached hydrogens (tertiary/aromatic N) is 2. The maximum atomic E-state index is 11.7. The molecule has 3 N–H and O–H groups in total. The molecular weight excluding hydrogens is 208 g/mol. The first-order chi connectivity index (χ1) is 7.66. The molecule has 2 heterocycles. The summed E-state index contributed by atoms with van der Waals surface area (Å²) >= 11 is 0. The number of hydrogen-bond donors (Lipinski definition) is 2. The zero-order valence-electron chi connectivity index (χ0n) is 9.27. The molecule has 0 spiro atoms. The minimum absolute atomic E-state index is 0.144. The van der Waals surface area contributed by atoms with Gasteiger partial charge in [0, 0.05) is 26.3 Å². The van der Waals surface area contributed by atoms with E-state index in [4.69, 9.17) is 10.5 Å². The van der Waals surface area contributed by atoms with Gasteiger partial charge in [-0.1, -0.05) is 0 Å². The Hall–Kier alpha value is -1.56. The number of nitrogen functional groups attached to an aromatic ring is 1. The molecule has 1 saturated heterocycles. The van der Waals surface area contributed by atoms with Crippen molar-refractivity contribution in [3.63, 3.8) is 0 Å². The van der Waals surface area contributed by atoms with Crippen molar-refractivity contribution in [2.75, 3.05) is 18.9 Å². The molecule has 1 aromatic heterocycles. The van der Waals surface area contributed by atoms with Gasteiger partial charge in [0.25, 0.3) is 5.91 Å². The van der Waals surface area contributed by atoms with Gasteiger partial charge < -0.3 is 15.8 Å².